The van der Waals surface area contributed by atoms with Gasteiger partial charge in [-0.05, 0) is 49.5 Å². The van der Waals surface area contributed by atoms with Crippen molar-refractivity contribution in [1.82, 2.24) is 4.90 Å². The van der Waals surface area contributed by atoms with Crippen LogP contribution in [0.4, 0.5) is 0 Å². The highest BCUT2D eigenvalue weighted by Crippen LogP contribution is 2.21. The molecule has 18 heavy (non-hydrogen) atoms. The van der Waals surface area contributed by atoms with Gasteiger partial charge in [-0.3, -0.25) is 0 Å². The molecule has 2 rings (SSSR count). The Kier molecular flexibility index (Phi) is 5.01. The highest BCUT2D eigenvalue weighted by atomic mass is 35.5. The number of halogens is 1. The summed E-state index contributed by atoms with van der Waals surface area (Å²) in [6.45, 7) is 2.85. The fourth-order valence-electron chi connectivity index (χ4n) is 2.39. The van der Waals surface area contributed by atoms with Crippen molar-refractivity contribution in [3.05, 3.63) is 34.9 Å². The molecule has 0 bridgehead atoms. The zero-order valence-corrected chi connectivity index (χ0v) is 11.2. The van der Waals surface area contributed by atoms with Gasteiger partial charge in [-0.15, -0.1) is 0 Å². The Hall–Kier alpha value is -0.610. The first-order valence-electron chi connectivity index (χ1n) is 6.46. The molecule has 4 heteroatoms. The summed E-state index contributed by atoms with van der Waals surface area (Å²) in [6, 6.07) is 7.34. The van der Waals surface area contributed by atoms with Crippen LogP contribution in [0.5, 0.6) is 0 Å². The van der Waals surface area contributed by atoms with Gasteiger partial charge in [0.2, 0.25) is 0 Å². The van der Waals surface area contributed by atoms with Crippen LogP contribution in [0, 0.1) is 5.92 Å². The fraction of sp³-hybridized carbons (Fsp3) is 0.571. The third-order valence-corrected chi connectivity index (χ3v) is 3.90. The van der Waals surface area contributed by atoms with Crippen molar-refractivity contribution in [1.29, 1.82) is 0 Å². The van der Waals surface area contributed by atoms with Crippen molar-refractivity contribution in [2.75, 3.05) is 26.2 Å². The maximum atomic E-state index is 10.2. The van der Waals surface area contributed by atoms with Crippen LogP contribution < -0.4 is 0 Å². The summed E-state index contributed by atoms with van der Waals surface area (Å²) in [4.78, 5) is 2.26. The second-order valence-electron chi connectivity index (χ2n) is 4.99. The molecule has 1 aliphatic rings. The number of hydrogen-bond donors (Lipinski definition) is 2. The maximum Gasteiger partial charge on any atom is 0.0916 e. The van der Waals surface area contributed by atoms with Gasteiger partial charge >= 0.3 is 0 Å². The number of aliphatic hydroxyl groups is 2. The van der Waals surface area contributed by atoms with Gasteiger partial charge in [0.05, 0.1) is 6.10 Å². The third-order valence-electron chi connectivity index (χ3n) is 3.65. The van der Waals surface area contributed by atoms with Gasteiger partial charge in [0.1, 0.15) is 0 Å². The molecule has 0 saturated carbocycles. The molecular formula is C14H20ClNO2. The minimum absolute atomic E-state index is 0.285. The summed E-state index contributed by atoms with van der Waals surface area (Å²) >= 11 is 5.82. The molecule has 0 unspecified atom stereocenters. The normalized spacial score (nSPS) is 19.9. The SMILES string of the molecule is OCC1CCN(C[C@@H](O)c2ccc(Cl)cc2)CC1. The summed E-state index contributed by atoms with van der Waals surface area (Å²) in [6.07, 6.45) is 1.57. The van der Waals surface area contributed by atoms with Crippen LogP contribution in [0.15, 0.2) is 24.3 Å². The first-order valence-corrected chi connectivity index (χ1v) is 6.83. The molecule has 1 heterocycles. The lowest BCUT2D eigenvalue weighted by Crippen LogP contribution is -2.37. The van der Waals surface area contributed by atoms with Crippen molar-refractivity contribution in [3.8, 4) is 0 Å². The summed E-state index contributed by atoms with van der Waals surface area (Å²) in [5.41, 5.74) is 0.906. The second-order valence-corrected chi connectivity index (χ2v) is 5.43. The summed E-state index contributed by atoms with van der Waals surface area (Å²) in [7, 11) is 0. The number of benzene rings is 1. The van der Waals surface area contributed by atoms with Crippen molar-refractivity contribution >= 4 is 11.6 Å². The molecule has 3 nitrogen and oxygen atoms in total. The Bertz CT molecular complexity index is 361. The summed E-state index contributed by atoms with van der Waals surface area (Å²) in [5.74, 6) is 0.439. The Labute approximate surface area is 113 Å². The molecule has 0 aliphatic carbocycles. The topological polar surface area (TPSA) is 43.7 Å². The largest absolute Gasteiger partial charge is 0.396 e. The quantitative estimate of drug-likeness (QED) is 0.880. The minimum atomic E-state index is -0.465. The van der Waals surface area contributed by atoms with Crippen molar-refractivity contribution in [3.63, 3.8) is 0 Å². The van der Waals surface area contributed by atoms with Gasteiger partial charge in [0.25, 0.3) is 0 Å². The molecule has 1 atom stereocenters. The van der Waals surface area contributed by atoms with E-state index in [4.69, 9.17) is 16.7 Å². The first-order chi connectivity index (χ1) is 8.69. The fourth-order valence-corrected chi connectivity index (χ4v) is 2.51. The van der Waals surface area contributed by atoms with E-state index in [1.165, 1.54) is 0 Å². The average molecular weight is 270 g/mol. The molecule has 1 aromatic carbocycles. The van der Waals surface area contributed by atoms with Gasteiger partial charge in [-0.25, -0.2) is 0 Å². The van der Waals surface area contributed by atoms with Crippen LogP contribution in [0.2, 0.25) is 5.02 Å². The second kappa shape index (κ2) is 6.53. The lowest BCUT2D eigenvalue weighted by Gasteiger charge is -2.32. The zero-order chi connectivity index (χ0) is 13.0. The van der Waals surface area contributed by atoms with Crippen LogP contribution in [-0.4, -0.2) is 41.4 Å². The van der Waals surface area contributed by atoms with E-state index < -0.39 is 6.10 Å². The maximum absolute atomic E-state index is 10.2. The molecule has 0 spiro atoms. The van der Waals surface area contributed by atoms with E-state index in [2.05, 4.69) is 4.90 Å². The molecule has 1 fully saturated rings. The van der Waals surface area contributed by atoms with E-state index in [1.807, 2.05) is 12.1 Å². The number of likely N-dealkylation sites (tertiary alicyclic amines) is 1. The highest BCUT2D eigenvalue weighted by Gasteiger charge is 2.20. The number of rotatable bonds is 4. The Balaban J connectivity index is 1.84. The molecule has 100 valence electrons. The number of piperidine rings is 1. The van der Waals surface area contributed by atoms with Crippen molar-refractivity contribution in [2.24, 2.45) is 5.92 Å². The number of aliphatic hydroxyl groups excluding tert-OH is 2. The van der Waals surface area contributed by atoms with Gasteiger partial charge in [-0.1, -0.05) is 23.7 Å². The average Bonchev–Trinajstić information content (AvgIpc) is 2.40. The van der Waals surface area contributed by atoms with Crippen LogP contribution in [0.1, 0.15) is 24.5 Å². The van der Waals surface area contributed by atoms with Gasteiger partial charge in [-0.2, -0.15) is 0 Å². The van der Waals surface area contributed by atoms with Crippen molar-refractivity contribution in [2.45, 2.75) is 18.9 Å². The molecule has 0 radical (unpaired) electrons. The molecule has 0 aromatic heterocycles. The Morgan fingerprint density at radius 2 is 1.83 bits per heavy atom. The van der Waals surface area contributed by atoms with Crippen LogP contribution in [0.25, 0.3) is 0 Å². The van der Waals surface area contributed by atoms with Crippen LogP contribution in [-0.2, 0) is 0 Å². The van der Waals surface area contributed by atoms with Crippen molar-refractivity contribution < 1.29 is 10.2 Å². The Morgan fingerprint density at radius 3 is 2.39 bits per heavy atom. The molecule has 1 aliphatic heterocycles. The lowest BCUT2D eigenvalue weighted by molar-refractivity contribution is 0.0763. The standard InChI is InChI=1S/C14H20ClNO2/c15-13-3-1-12(2-4-13)14(18)9-16-7-5-11(10-17)6-8-16/h1-4,11,14,17-18H,5-10H2/t14-/m1/s1. The molecule has 2 N–H and O–H groups in total. The number of β-amino-alcohol motifs (C(OH)–C–C–N with tert-alkyl or cyclic N) is 1. The molecule has 0 amide bonds. The monoisotopic (exact) mass is 269 g/mol. The van der Waals surface area contributed by atoms with Crippen LogP contribution >= 0.6 is 11.6 Å². The number of nitrogens with zero attached hydrogens (tertiary/aromatic N) is 1. The molecular weight excluding hydrogens is 250 g/mol. The van der Waals surface area contributed by atoms with Gasteiger partial charge in [0.15, 0.2) is 0 Å². The van der Waals surface area contributed by atoms with Gasteiger partial charge < -0.3 is 15.1 Å². The zero-order valence-electron chi connectivity index (χ0n) is 10.4. The molecule has 1 saturated heterocycles. The lowest BCUT2D eigenvalue weighted by atomic mass is 9.97. The van der Waals surface area contributed by atoms with E-state index in [-0.39, 0.29) is 6.61 Å². The summed E-state index contributed by atoms with van der Waals surface area (Å²) in [5, 5.41) is 19.9. The van der Waals surface area contributed by atoms with Gasteiger partial charge in [0, 0.05) is 18.2 Å². The Morgan fingerprint density at radius 1 is 1.22 bits per heavy atom. The predicted octanol–water partition coefficient (Wildman–Crippen LogP) is 2.08. The van der Waals surface area contributed by atoms with E-state index in [0.717, 1.165) is 31.5 Å². The number of hydrogen-bond acceptors (Lipinski definition) is 3. The van der Waals surface area contributed by atoms with E-state index in [9.17, 15) is 5.11 Å². The van der Waals surface area contributed by atoms with E-state index in [0.29, 0.717) is 17.5 Å². The summed E-state index contributed by atoms with van der Waals surface area (Å²) < 4.78 is 0. The smallest absolute Gasteiger partial charge is 0.0916 e. The third kappa shape index (κ3) is 3.69. The minimum Gasteiger partial charge on any atom is -0.396 e. The van der Waals surface area contributed by atoms with Crippen LogP contribution in [0.3, 0.4) is 0 Å². The highest BCUT2D eigenvalue weighted by molar-refractivity contribution is 6.30. The predicted molar refractivity (Wildman–Crippen MR) is 72.7 cm³/mol. The van der Waals surface area contributed by atoms with E-state index in [1.54, 1.807) is 12.1 Å². The first kappa shape index (κ1) is 13.8. The molecule has 1 aromatic rings. The van der Waals surface area contributed by atoms with E-state index >= 15 is 0 Å².